The number of aromatic amines is 1. The van der Waals surface area contributed by atoms with Gasteiger partial charge < -0.3 is 14.8 Å². The van der Waals surface area contributed by atoms with Gasteiger partial charge in [0.2, 0.25) is 0 Å². The Labute approximate surface area is 135 Å². The second-order valence-electron chi connectivity index (χ2n) is 6.81. The molecule has 1 spiro atoms. The highest BCUT2D eigenvalue weighted by Gasteiger charge is 2.47. The molecule has 4 heterocycles. The molecule has 0 radical (unpaired) electrons. The van der Waals surface area contributed by atoms with E-state index in [-0.39, 0.29) is 5.41 Å². The van der Waals surface area contributed by atoms with Crippen molar-refractivity contribution in [1.29, 1.82) is 0 Å². The molecule has 0 unspecified atom stereocenters. The van der Waals surface area contributed by atoms with Crippen molar-refractivity contribution in [2.45, 2.75) is 11.8 Å². The molecule has 2 aliphatic rings. The number of rotatable bonds is 1. The summed E-state index contributed by atoms with van der Waals surface area (Å²) in [4.78, 5) is 17.0. The first-order chi connectivity index (χ1) is 11.3. The number of likely N-dealkylation sites (tertiary alicyclic amines) is 1. The normalized spacial score (nSPS) is 24.0. The largest absolute Gasteiger partial charge is 0.346 e. The van der Waals surface area contributed by atoms with Crippen LogP contribution in [0.5, 0.6) is 0 Å². The lowest BCUT2D eigenvalue weighted by atomic mass is 9.82. The average molecular weight is 305 g/mol. The molecule has 0 bridgehead atoms. The van der Waals surface area contributed by atoms with Crippen molar-refractivity contribution in [3.05, 3.63) is 48.4 Å². The Bertz CT molecular complexity index is 886. The summed E-state index contributed by atoms with van der Waals surface area (Å²) < 4.78 is 0. The number of para-hydroxylation sites is 1. The molecule has 5 heteroatoms. The monoisotopic (exact) mass is 305 g/mol. The Morgan fingerprint density at radius 3 is 2.91 bits per heavy atom. The topological polar surface area (TPSA) is 48.1 Å². The summed E-state index contributed by atoms with van der Waals surface area (Å²) in [5.74, 6) is 1.01. The third-order valence-corrected chi connectivity index (χ3v) is 5.36. The summed E-state index contributed by atoms with van der Waals surface area (Å²) >= 11 is 0. The van der Waals surface area contributed by atoms with Crippen LogP contribution < -0.4 is 4.90 Å². The van der Waals surface area contributed by atoms with Crippen LogP contribution in [0.15, 0.2) is 42.9 Å². The standard InChI is InChI=1S/C18H19N5/c1-22-9-7-18(10-22)11-23(15-5-3-2-4-14(15)18)17-13-6-8-19-16(13)20-12-21-17/h2-6,8,12H,7,9-11H2,1H3,(H,19,20,21)/t18-/m0/s1. The lowest BCUT2D eigenvalue weighted by molar-refractivity contribution is 0.378. The van der Waals surface area contributed by atoms with Gasteiger partial charge in [-0.2, -0.15) is 0 Å². The van der Waals surface area contributed by atoms with Crippen molar-refractivity contribution in [3.63, 3.8) is 0 Å². The van der Waals surface area contributed by atoms with Gasteiger partial charge in [0.05, 0.1) is 5.39 Å². The molecule has 1 aromatic carbocycles. The van der Waals surface area contributed by atoms with E-state index in [1.165, 1.54) is 17.7 Å². The molecule has 0 amide bonds. The third-order valence-electron chi connectivity index (χ3n) is 5.36. The van der Waals surface area contributed by atoms with E-state index in [1.54, 1.807) is 6.33 Å². The average Bonchev–Trinajstić information content (AvgIpc) is 3.26. The number of nitrogens with zero attached hydrogens (tertiary/aromatic N) is 4. The second kappa shape index (κ2) is 4.55. The number of nitrogens with one attached hydrogen (secondary N) is 1. The molecule has 116 valence electrons. The zero-order chi connectivity index (χ0) is 15.4. The van der Waals surface area contributed by atoms with Crippen LogP contribution >= 0.6 is 0 Å². The van der Waals surface area contributed by atoms with Gasteiger partial charge in [-0.1, -0.05) is 18.2 Å². The van der Waals surface area contributed by atoms with Crippen molar-refractivity contribution in [3.8, 4) is 0 Å². The fourth-order valence-corrected chi connectivity index (χ4v) is 4.32. The molecule has 1 N–H and O–H groups in total. The number of aromatic nitrogens is 3. The maximum absolute atomic E-state index is 4.61. The fraction of sp³-hybridized carbons (Fsp3) is 0.333. The van der Waals surface area contributed by atoms with E-state index in [2.05, 4.69) is 62.1 Å². The quantitative estimate of drug-likeness (QED) is 0.751. The summed E-state index contributed by atoms with van der Waals surface area (Å²) in [6, 6.07) is 10.9. The van der Waals surface area contributed by atoms with Crippen LogP contribution in [0.4, 0.5) is 11.5 Å². The lowest BCUT2D eigenvalue weighted by Crippen LogP contribution is -2.34. The molecule has 5 rings (SSSR count). The molecule has 1 atom stereocenters. The van der Waals surface area contributed by atoms with Gasteiger partial charge in [0.25, 0.3) is 0 Å². The van der Waals surface area contributed by atoms with Gasteiger partial charge in [0.15, 0.2) is 0 Å². The van der Waals surface area contributed by atoms with Crippen LogP contribution in [0, 0.1) is 0 Å². The first kappa shape index (κ1) is 13.1. The first-order valence-corrected chi connectivity index (χ1v) is 8.11. The summed E-state index contributed by atoms with van der Waals surface area (Å²) in [5, 5.41) is 1.09. The molecule has 0 saturated carbocycles. The Morgan fingerprint density at radius 2 is 2.04 bits per heavy atom. The van der Waals surface area contributed by atoms with Gasteiger partial charge in [0, 0.05) is 30.4 Å². The van der Waals surface area contributed by atoms with E-state index in [0.717, 1.165) is 36.5 Å². The fourth-order valence-electron chi connectivity index (χ4n) is 4.32. The molecule has 23 heavy (non-hydrogen) atoms. The van der Waals surface area contributed by atoms with Crippen LogP contribution in [-0.2, 0) is 5.41 Å². The van der Waals surface area contributed by atoms with Crippen LogP contribution in [0.3, 0.4) is 0 Å². The minimum atomic E-state index is 0.221. The zero-order valence-electron chi connectivity index (χ0n) is 13.2. The van der Waals surface area contributed by atoms with Gasteiger partial charge in [-0.05, 0) is 37.7 Å². The number of hydrogen-bond donors (Lipinski definition) is 1. The molecule has 0 aliphatic carbocycles. The number of fused-ring (bicyclic) bond motifs is 3. The molecule has 2 aliphatic heterocycles. The molecule has 2 aromatic heterocycles. The summed E-state index contributed by atoms with van der Waals surface area (Å²) in [6.45, 7) is 3.27. The van der Waals surface area contributed by atoms with E-state index < -0.39 is 0 Å². The molecule has 5 nitrogen and oxygen atoms in total. The predicted octanol–water partition coefficient (Wildman–Crippen LogP) is 2.68. The summed E-state index contributed by atoms with van der Waals surface area (Å²) in [7, 11) is 2.22. The number of H-pyrrole nitrogens is 1. The van der Waals surface area contributed by atoms with Gasteiger partial charge >= 0.3 is 0 Å². The number of benzene rings is 1. The third kappa shape index (κ3) is 1.77. The van der Waals surface area contributed by atoms with Gasteiger partial charge in [-0.3, -0.25) is 0 Å². The molecule has 1 saturated heterocycles. The lowest BCUT2D eigenvalue weighted by Gasteiger charge is -2.25. The van der Waals surface area contributed by atoms with Crippen molar-refractivity contribution in [2.75, 3.05) is 31.6 Å². The smallest absolute Gasteiger partial charge is 0.145 e. The van der Waals surface area contributed by atoms with E-state index in [0.29, 0.717) is 0 Å². The van der Waals surface area contributed by atoms with Crippen molar-refractivity contribution < 1.29 is 0 Å². The summed E-state index contributed by atoms with van der Waals surface area (Å²) in [5.41, 5.74) is 3.88. The number of hydrogen-bond acceptors (Lipinski definition) is 4. The van der Waals surface area contributed by atoms with Crippen LogP contribution in [0.25, 0.3) is 11.0 Å². The molecule has 3 aromatic rings. The SMILES string of the molecule is CN1CC[C@]2(C1)CN(c1ncnc3[nH]ccc13)c1ccccc12. The minimum Gasteiger partial charge on any atom is -0.346 e. The van der Waals surface area contributed by atoms with Gasteiger partial charge in [0.1, 0.15) is 17.8 Å². The van der Waals surface area contributed by atoms with E-state index >= 15 is 0 Å². The van der Waals surface area contributed by atoms with Gasteiger partial charge in [-0.25, -0.2) is 9.97 Å². The Morgan fingerprint density at radius 1 is 1.13 bits per heavy atom. The van der Waals surface area contributed by atoms with E-state index in [4.69, 9.17) is 0 Å². The first-order valence-electron chi connectivity index (χ1n) is 8.11. The Kier molecular flexibility index (Phi) is 2.59. The van der Waals surface area contributed by atoms with Crippen molar-refractivity contribution >= 4 is 22.5 Å². The van der Waals surface area contributed by atoms with Crippen LogP contribution in [0.1, 0.15) is 12.0 Å². The van der Waals surface area contributed by atoms with Crippen molar-refractivity contribution in [2.24, 2.45) is 0 Å². The highest BCUT2D eigenvalue weighted by atomic mass is 15.3. The Hall–Kier alpha value is -2.40. The van der Waals surface area contributed by atoms with Gasteiger partial charge in [-0.15, -0.1) is 0 Å². The maximum Gasteiger partial charge on any atom is 0.145 e. The predicted molar refractivity (Wildman–Crippen MR) is 91.1 cm³/mol. The van der Waals surface area contributed by atoms with E-state index in [9.17, 15) is 0 Å². The zero-order valence-corrected chi connectivity index (χ0v) is 13.2. The van der Waals surface area contributed by atoms with Crippen molar-refractivity contribution in [1.82, 2.24) is 19.9 Å². The highest BCUT2D eigenvalue weighted by molar-refractivity contribution is 5.91. The summed E-state index contributed by atoms with van der Waals surface area (Å²) in [6.07, 6.45) is 4.80. The molecular weight excluding hydrogens is 286 g/mol. The number of anilines is 2. The molecular formula is C18H19N5. The highest BCUT2D eigenvalue weighted by Crippen LogP contribution is 2.49. The van der Waals surface area contributed by atoms with Crippen LogP contribution in [0.2, 0.25) is 0 Å². The van der Waals surface area contributed by atoms with Crippen LogP contribution in [-0.4, -0.2) is 46.5 Å². The molecule has 1 fully saturated rings. The minimum absolute atomic E-state index is 0.221. The second-order valence-corrected chi connectivity index (χ2v) is 6.81. The Balaban J connectivity index is 1.69. The van der Waals surface area contributed by atoms with E-state index in [1.807, 2.05) is 6.20 Å². The maximum atomic E-state index is 4.61. The number of likely N-dealkylation sites (N-methyl/N-ethyl adjacent to an activating group) is 1.